The summed E-state index contributed by atoms with van der Waals surface area (Å²) >= 11 is 0. The predicted octanol–water partition coefficient (Wildman–Crippen LogP) is 1.32. The normalized spacial score (nSPS) is 17.0. The molecule has 22 heavy (non-hydrogen) atoms. The van der Waals surface area contributed by atoms with Crippen LogP contribution in [0.3, 0.4) is 0 Å². The summed E-state index contributed by atoms with van der Waals surface area (Å²) in [6.45, 7) is 11.3. The van der Waals surface area contributed by atoms with Gasteiger partial charge in [0.05, 0.1) is 17.9 Å². The summed E-state index contributed by atoms with van der Waals surface area (Å²) in [5.74, 6) is 1.17. The van der Waals surface area contributed by atoms with Crippen LogP contribution in [-0.4, -0.2) is 55.5 Å². The molecule has 2 aromatic heterocycles. The summed E-state index contributed by atoms with van der Waals surface area (Å²) in [7, 11) is 0. The van der Waals surface area contributed by atoms with Crippen molar-refractivity contribution in [3.63, 3.8) is 0 Å². The summed E-state index contributed by atoms with van der Waals surface area (Å²) in [4.78, 5) is 18.2. The van der Waals surface area contributed by atoms with Crippen LogP contribution in [0.1, 0.15) is 24.1 Å². The average molecular weight is 300 g/mol. The van der Waals surface area contributed by atoms with Gasteiger partial charge in [-0.25, -0.2) is 4.98 Å². The minimum absolute atomic E-state index is 0.894. The van der Waals surface area contributed by atoms with Gasteiger partial charge < -0.3 is 4.57 Å². The Morgan fingerprint density at radius 2 is 1.68 bits per heavy atom. The summed E-state index contributed by atoms with van der Waals surface area (Å²) in [6.07, 6.45) is 7.68. The van der Waals surface area contributed by atoms with Gasteiger partial charge in [-0.1, -0.05) is 0 Å². The number of aromatic nitrogens is 4. The molecule has 1 aliphatic heterocycles. The van der Waals surface area contributed by atoms with E-state index in [-0.39, 0.29) is 0 Å². The summed E-state index contributed by atoms with van der Waals surface area (Å²) < 4.78 is 2.22. The van der Waals surface area contributed by atoms with E-state index in [2.05, 4.69) is 42.4 Å². The van der Waals surface area contributed by atoms with E-state index in [1.54, 1.807) is 0 Å². The van der Waals surface area contributed by atoms with Gasteiger partial charge in [-0.2, -0.15) is 0 Å². The number of hydrogen-bond donors (Lipinski definition) is 0. The molecule has 0 spiro atoms. The Labute approximate surface area is 131 Å². The second-order valence-electron chi connectivity index (χ2n) is 5.83. The summed E-state index contributed by atoms with van der Waals surface area (Å²) in [5, 5.41) is 0. The van der Waals surface area contributed by atoms with Crippen molar-refractivity contribution in [2.75, 3.05) is 26.2 Å². The van der Waals surface area contributed by atoms with E-state index in [1.807, 2.05) is 25.5 Å². The Balaban J connectivity index is 1.49. The van der Waals surface area contributed by atoms with E-state index < -0.39 is 0 Å². The van der Waals surface area contributed by atoms with E-state index in [0.29, 0.717) is 0 Å². The molecular formula is C16H24N6. The van der Waals surface area contributed by atoms with Crippen molar-refractivity contribution < 1.29 is 0 Å². The van der Waals surface area contributed by atoms with Crippen LogP contribution in [0.4, 0.5) is 0 Å². The molecule has 1 saturated heterocycles. The second-order valence-corrected chi connectivity index (χ2v) is 5.83. The summed E-state index contributed by atoms with van der Waals surface area (Å²) in [5.41, 5.74) is 2.03. The third-order valence-corrected chi connectivity index (χ3v) is 4.19. The van der Waals surface area contributed by atoms with Crippen LogP contribution in [0.25, 0.3) is 0 Å². The first-order chi connectivity index (χ1) is 10.7. The molecule has 0 unspecified atom stereocenters. The van der Waals surface area contributed by atoms with Crippen LogP contribution in [0, 0.1) is 6.92 Å². The van der Waals surface area contributed by atoms with Gasteiger partial charge in [0, 0.05) is 64.1 Å². The molecule has 0 aromatic carbocycles. The number of nitrogens with zero attached hydrogens (tertiary/aromatic N) is 6. The molecule has 1 aliphatic rings. The van der Waals surface area contributed by atoms with E-state index >= 15 is 0 Å². The molecule has 118 valence electrons. The largest absolute Gasteiger partial charge is 0.334 e. The first kappa shape index (κ1) is 15.1. The fraction of sp³-hybridized carbons (Fsp3) is 0.562. The van der Waals surface area contributed by atoms with E-state index in [4.69, 9.17) is 0 Å². The van der Waals surface area contributed by atoms with Gasteiger partial charge in [0.1, 0.15) is 5.82 Å². The molecule has 3 heterocycles. The minimum Gasteiger partial charge on any atom is -0.334 e. The van der Waals surface area contributed by atoms with Crippen molar-refractivity contribution in [3.05, 3.63) is 42.0 Å². The lowest BCUT2D eigenvalue weighted by molar-refractivity contribution is 0.118. The lowest BCUT2D eigenvalue weighted by atomic mass is 10.3. The quantitative estimate of drug-likeness (QED) is 0.833. The lowest BCUT2D eigenvalue weighted by Gasteiger charge is -2.34. The highest BCUT2D eigenvalue weighted by molar-refractivity contribution is 5.01. The standard InChI is InChI=1S/C16H24N6/c1-3-22-5-4-17-16(22)13-21-8-6-20(7-9-21)12-15-11-18-14(2)10-19-15/h4-5,10-11H,3,6-9,12-13H2,1-2H3. The third-order valence-electron chi connectivity index (χ3n) is 4.19. The van der Waals surface area contributed by atoms with Gasteiger partial charge in [-0.3, -0.25) is 19.8 Å². The van der Waals surface area contributed by atoms with Crippen molar-refractivity contribution in [1.29, 1.82) is 0 Å². The van der Waals surface area contributed by atoms with Crippen LogP contribution in [0.15, 0.2) is 24.8 Å². The molecule has 0 bridgehead atoms. The first-order valence-electron chi connectivity index (χ1n) is 7.97. The Bertz CT molecular complexity index is 583. The van der Waals surface area contributed by atoms with Crippen molar-refractivity contribution in [1.82, 2.24) is 29.3 Å². The second kappa shape index (κ2) is 6.98. The molecular weight excluding hydrogens is 276 g/mol. The molecule has 6 nitrogen and oxygen atoms in total. The molecule has 0 N–H and O–H groups in total. The maximum absolute atomic E-state index is 4.47. The fourth-order valence-electron chi connectivity index (χ4n) is 2.82. The van der Waals surface area contributed by atoms with Gasteiger partial charge in [0.2, 0.25) is 0 Å². The SMILES string of the molecule is CCn1ccnc1CN1CCN(Cc2cnc(C)cn2)CC1. The highest BCUT2D eigenvalue weighted by Crippen LogP contribution is 2.10. The fourth-order valence-corrected chi connectivity index (χ4v) is 2.82. The van der Waals surface area contributed by atoms with Gasteiger partial charge in [-0.05, 0) is 13.8 Å². The number of aryl methyl sites for hydroxylation is 2. The smallest absolute Gasteiger partial charge is 0.122 e. The molecule has 2 aromatic rings. The maximum Gasteiger partial charge on any atom is 0.122 e. The molecule has 3 rings (SSSR count). The zero-order chi connectivity index (χ0) is 15.4. The van der Waals surface area contributed by atoms with Gasteiger partial charge in [0.25, 0.3) is 0 Å². The van der Waals surface area contributed by atoms with Crippen molar-refractivity contribution in [2.24, 2.45) is 0 Å². The Morgan fingerprint density at radius 1 is 0.955 bits per heavy atom. The first-order valence-corrected chi connectivity index (χ1v) is 7.97. The highest BCUT2D eigenvalue weighted by Gasteiger charge is 2.18. The van der Waals surface area contributed by atoms with Crippen molar-refractivity contribution in [2.45, 2.75) is 33.5 Å². The molecule has 6 heteroatoms. The topological polar surface area (TPSA) is 50.1 Å². The van der Waals surface area contributed by atoms with E-state index in [9.17, 15) is 0 Å². The van der Waals surface area contributed by atoms with Crippen LogP contribution >= 0.6 is 0 Å². The van der Waals surface area contributed by atoms with Gasteiger partial charge >= 0.3 is 0 Å². The highest BCUT2D eigenvalue weighted by atomic mass is 15.3. The van der Waals surface area contributed by atoms with Crippen LogP contribution < -0.4 is 0 Å². The molecule has 0 aliphatic carbocycles. The van der Waals surface area contributed by atoms with Crippen molar-refractivity contribution >= 4 is 0 Å². The molecule has 0 radical (unpaired) electrons. The Kier molecular flexibility index (Phi) is 4.80. The number of rotatable bonds is 5. The Hall–Kier alpha value is -1.79. The van der Waals surface area contributed by atoms with Crippen LogP contribution in [0.5, 0.6) is 0 Å². The van der Waals surface area contributed by atoms with Gasteiger partial charge in [0.15, 0.2) is 0 Å². The lowest BCUT2D eigenvalue weighted by Crippen LogP contribution is -2.45. The van der Waals surface area contributed by atoms with E-state index in [0.717, 1.165) is 57.2 Å². The van der Waals surface area contributed by atoms with Crippen LogP contribution in [-0.2, 0) is 19.6 Å². The predicted molar refractivity (Wildman–Crippen MR) is 85.2 cm³/mol. The summed E-state index contributed by atoms with van der Waals surface area (Å²) in [6, 6.07) is 0. The number of hydrogen-bond acceptors (Lipinski definition) is 5. The molecule has 1 fully saturated rings. The maximum atomic E-state index is 4.47. The average Bonchev–Trinajstić information content (AvgIpc) is 2.99. The zero-order valence-electron chi connectivity index (χ0n) is 13.4. The number of piperazine rings is 1. The molecule has 0 saturated carbocycles. The van der Waals surface area contributed by atoms with Crippen molar-refractivity contribution in [3.8, 4) is 0 Å². The van der Waals surface area contributed by atoms with Crippen LogP contribution in [0.2, 0.25) is 0 Å². The Morgan fingerprint density at radius 3 is 2.32 bits per heavy atom. The van der Waals surface area contributed by atoms with E-state index in [1.165, 1.54) is 5.82 Å². The minimum atomic E-state index is 0.894. The molecule has 0 atom stereocenters. The molecule has 0 amide bonds. The zero-order valence-corrected chi connectivity index (χ0v) is 13.4. The number of imidazole rings is 1. The monoisotopic (exact) mass is 300 g/mol. The third kappa shape index (κ3) is 3.69. The van der Waals surface area contributed by atoms with Gasteiger partial charge in [-0.15, -0.1) is 0 Å².